The average molecular weight is 296 g/mol. The Kier molecular flexibility index (Phi) is 3.19. The third-order valence-corrected chi connectivity index (χ3v) is 3.69. The fraction of sp³-hybridized carbons (Fsp3) is 0.333. The number of hydrogen-bond donors (Lipinski definition) is 0. The van der Waals surface area contributed by atoms with Crippen LogP contribution in [0.4, 0.5) is 5.95 Å². The van der Waals surface area contributed by atoms with E-state index in [1.54, 1.807) is 6.33 Å². The van der Waals surface area contributed by atoms with Crippen LogP contribution in [0.25, 0.3) is 17.0 Å². The first-order valence-corrected chi connectivity index (χ1v) is 7.29. The normalized spacial score (nSPS) is 15.4. The lowest BCUT2D eigenvalue weighted by atomic mass is 10.3. The van der Waals surface area contributed by atoms with Crippen LogP contribution in [0.5, 0.6) is 0 Å². The number of hydrogen-bond acceptors (Lipinski definition) is 6. The second-order valence-corrected chi connectivity index (χ2v) is 5.19. The lowest BCUT2D eigenvalue weighted by Gasteiger charge is -2.26. The molecule has 0 saturated carbocycles. The molecule has 1 aliphatic rings. The molecule has 1 saturated heterocycles. The van der Waals surface area contributed by atoms with Crippen LogP contribution < -0.4 is 4.90 Å². The zero-order valence-corrected chi connectivity index (χ0v) is 12.3. The quantitative estimate of drug-likeness (QED) is 0.711. The van der Waals surface area contributed by atoms with E-state index in [2.05, 4.69) is 24.8 Å². The van der Waals surface area contributed by atoms with Gasteiger partial charge >= 0.3 is 0 Å². The van der Waals surface area contributed by atoms with Crippen molar-refractivity contribution in [1.82, 2.24) is 24.5 Å². The summed E-state index contributed by atoms with van der Waals surface area (Å²) in [6, 6.07) is 7.94. The number of morpholine rings is 1. The van der Waals surface area contributed by atoms with Crippen LogP contribution in [-0.2, 0) is 4.74 Å². The molecule has 0 atom stereocenters. The molecule has 0 spiro atoms. The van der Waals surface area contributed by atoms with Gasteiger partial charge in [0.1, 0.15) is 12.2 Å². The highest BCUT2D eigenvalue weighted by Crippen LogP contribution is 2.17. The van der Waals surface area contributed by atoms with Gasteiger partial charge in [0.05, 0.1) is 24.2 Å². The van der Waals surface area contributed by atoms with Gasteiger partial charge in [-0.2, -0.15) is 15.0 Å². The van der Waals surface area contributed by atoms with Crippen LogP contribution in [0.2, 0.25) is 0 Å². The number of fused-ring (bicyclic) bond motifs is 1. The van der Waals surface area contributed by atoms with E-state index in [0.717, 1.165) is 24.1 Å². The Hall–Kier alpha value is -2.54. The van der Waals surface area contributed by atoms with Crippen molar-refractivity contribution in [2.45, 2.75) is 6.92 Å². The number of nitrogens with zero attached hydrogens (tertiary/aromatic N) is 6. The number of aromatic nitrogens is 5. The molecule has 1 aromatic carbocycles. The van der Waals surface area contributed by atoms with Crippen molar-refractivity contribution in [2.24, 2.45) is 0 Å². The fourth-order valence-corrected chi connectivity index (χ4v) is 2.58. The second-order valence-electron chi connectivity index (χ2n) is 5.19. The summed E-state index contributed by atoms with van der Waals surface area (Å²) in [6.45, 7) is 4.89. The maximum atomic E-state index is 5.38. The highest BCUT2D eigenvalue weighted by Gasteiger charge is 2.16. The molecule has 112 valence electrons. The minimum absolute atomic E-state index is 0.600. The van der Waals surface area contributed by atoms with Crippen molar-refractivity contribution in [2.75, 3.05) is 31.2 Å². The monoisotopic (exact) mass is 296 g/mol. The first-order valence-electron chi connectivity index (χ1n) is 7.29. The zero-order chi connectivity index (χ0) is 14.9. The molecule has 1 fully saturated rings. The van der Waals surface area contributed by atoms with E-state index in [9.17, 15) is 0 Å². The van der Waals surface area contributed by atoms with Gasteiger partial charge in [0.2, 0.25) is 11.9 Å². The summed E-state index contributed by atoms with van der Waals surface area (Å²) in [7, 11) is 0. The molecule has 0 radical (unpaired) electrons. The Morgan fingerprint density at radius 2 is 1.77 bits per heavy atom. The largest absolute Gasteiger partial charge is 0.378 e. The molecule has 4 rings (SSSR count). The molecule has 0 amide bonds. The summed E-state index contributed by atoms with van der Waals surface area (Å²) in [6.07, 6.45) is 1.75. The Labute approximate surface area is 127 Å². The molecular weight excluding hydrogens is 280 g/mol. The van der Waals surface area contributed by atoms with Gasteiger partial charge in [-0.05, 0) is 19.1 Å². The molecule has 0 bridgehead atoms. The van der Waals surface area contributed by atoms with Crippen molar-refractivity contribution in [3.05, 3.63) is 36.4 Å². The fourth-order valence-electron chi connectivity index (χ4n) is 2.58. The van der Waals surface area contributed by atoms with Crippen LogP contribution >= 0.6 is 0 Å². The van der Waals surface area contributed by atoms with Crippen LogP contribution in [0.3, 0.4) is 0 Å². The van der Waals surface area contributed by atoms with E-state index in [1.807, 2.05) is 35.8 Å². The number of imidazole rings is 1. The summed E-state index contributed by atoms with van der Waals surface area (Å²) in [4.78, 5) is 20.1. The standard InChI is InChI=1S/C15H16N6O/c1-11-17-14(20-6-8-22-9-7-20)19-15(18-11)21-10-16-12-4-2-3-5-13(12)21/h2-5,10H,6-9H2,1H3. The number of ether oxygens (including phenoxy) is 1. The van der Waals surface area contributed by atoms with Crippen molar-refractivity contribution in [1.29, 1.82) is 0 Å². The molecule has 0 aliphatic carbocycles. The number of aryl methyl sites for hydroxylation is 1. The summed E-state index contributed by atoms with van der Waals surface area (Å²) in [5.41, 5.74) is 1.91. The summed E-state index contributed by atoms with van der Waals surface area (Å²) in [5, 5.41) is 0. The maximum absolute atomic E-state index is 5.38. The van der Waals surface area contributed by atoms with E-state index >= 15 is 0 Å². The highest BCUT2D eigenvalue weighted by atomic mass is 16.5. The summed E-state index contributed by atoms with van der Waals surface area (Å²) < 4.78 is 7.28. The predicted octanol–water partition coefficient (Wildman–Crippen LogP) is 1.36. The smallest absolute Gasteiger partial charge is 0.240 e. The average Bonchev–Trinajstić information content (AvgIpc) is 2.99. The van der Waals surface area contributed by atoms with Gasteiger partial charge in [-0.15, -0.1) is 0 Å². The number of para-hydroxylation sites is 2. The van der Waals surface area contributed by atoms with Crippen LogP contribution in [-0.4, -0.2) is 50.8 Å². The molecule has 0 unspecified atom stereocenters. The minimum atomic E-state index is 0.600. The Morgan fingerprint density at radius 3 is 2.64 bits per heavy atom. The van der Waals surface area contributed by atoms with Gasteiger partial charge < -0.3 is 9.64 Å². The van der Waals surface area contributed by atoms with Crippen LogP contribution in [0.15, 0.2) is 30.6 Å². The third kappa shape index (κ3) is 2.29. The number of rotatable bonds is 2. The van der Waals surface area contributed by atoms with Gasteiger partial charge in [-0.3, -0.25) is 4.57 Å². The van der Waals surface area contributed by atoms with Crippen molar-refractivity contribution < 1.29 is 4.74 Å². The van der Waals surface area contributed by atoms with Gasteiger partial charge in [-0.25, -0.2) is 4.98 Å². The summed E-state index contributed by atoms with van der Waals surface area (Å²) in [5.74, 6) is 2.00. The van der Waals surface area contributed by atoms with E-state index in [-0.39, 0.29) is 0 Å². The Balaban J connectivity index is 1.80. The lowest BCUT2D eigenvalue weighted by Crippen LogP contribution is -2.37. The predicted molar refractivity (Wildman–Crippen MR) is 82.2 cm³/mol. The zero-order valence-electron chi connectivity index (χ0n) is 12.3. The van der Waals surface area contributed by atoms with Gasteiger partial charge in [0.25, 0.3) is 0 Å². The van der Waals surface area contributed by atoms with Gasteiger partial charge in [-0.1, -0.05) is 12.1 Å². The van der Waals surface area contributed by atoms with E-state index < -0.39 is 0 Å². The molecule has 3 heterocycles. The van der Waals surface area contributed by atoms with Crippen molar-refractivity contribution >= 4 is 17.0 Å². The van der Waals surface area contributed by atoms with Gasteiger partial charge in [0, 0.05) is 13.1 Å². The highest BCUT2D eigenvalue weighted by molar-refractivity contribution is 5.76. The first kappa shape index (κ1) is 13.1. The third-order valence-electron chi connectivity index (χ3n) is 3.69. The Bertz CT molecular complexity index is 809. The summed E-state index contributed by atoms with van der Waals surface area (Å²) >= 11 is 0. The molecule has 0 N–H and O–H groups in total. The Morgan fingerprint density at radius 1 is 1.00 bits per heavy atom. The molecule has 7 nitrogen and oxygen atoms in total. The minimum Gasteiger partial charge on any atom is -0.378 e. The van der Waals surface area contributed by atoms with Crippen molar-refractivity contribution in [3.8, 4) is 5.95 Å². The second kappa shape index (κ2) is 5.34. The molecule has 1 aliphatic heterocycles. The van der Waals surface area contributed by atoms with Crippen molar-refractivity contribution in [3.63, 3.8) is 0 Å². The SMILES string of the molecule is Cc1nc(N2CCOCC2)nc(-n2cnc3ccccc32)n1. The maximum Gasteiger partial charge on any atom is 0.240 e. The molecule has 2 aromatic heterocycles. The lowest BCUT2D eigenvalue weighted by molar-refractivity contribution is 0.122. The van der Waals surface area contributed by atoms with E-state index in [1.165, 1.54) is 0 Å². The number of benzene rings is 1. The topological polar surface area (TPSA) is 69.0 Å². The molecule has 22 heavy (non-hydrogen) atoms. The van der Waals surface area contributed by atoms with Gasteiger partial charge in [0.15, 0.2) is 0 Å². The molecular formula is C15H16N6O. The van der Waals surface area contributed by atoms with E-state index in [4.69, 9.17) is 4.74 Å². The van der Waals surface area contributed by atoms with Crippen LogP contribution in [0.1, 0.15) is 5.82 Å². The number of anilines is 1. The molecule has 7 heteroatoms. The first-order chi connectivity index (χ1) is 10.8. The molecule has 3 aromatic rings. The van der Waals surface area contributed by atoms with E-state index in [0.29, 0.717) is 30.9 Å². The van der Waals surface area contributed by atoms with Crippen LogP contribution in [0, 0.1) is 6.92 Å².